The van der Waals surface area contributed by atoms with Gasteiger partial charge in [0, 0.05) is 24.7 Å². The Morgan fingerprint density at radius 3 is 2.74 bits per heavy atom. The molecule has 2 amide bonds. The molecule has 0 radical (unpaired) electrons. The molecule has 1 saturated heterocycles. The lowest BCUT2D eigenvalue weighted by Gasteiger charge is -2.19. The summed E-state index contributed by atoms with van der Waals surface area (Å²) in [4.78, 5) is 13.3. The molecule has 2 heterocycles. The number of halogens is 3. The monoisotopic (exact) mass is 333 g/mol. The topological polar surface area (TPSA) is 57.5 Å². The number of hydrogen-bond acceptors (Lipinski definition) is 3. The number of amides is 2. The fraction of sp³-hybridized carbons (Fsp3) is 0.667. The van der Waals surface area contributed by atoms with E-state index in [0.717, 1.165) is 17.1 Å². The van der Waals surface area contributed by atoms with Gasteiger partial charge >= 0.3 is 12.2 Å². The fourth-order valence-corrected chi connectivity index (χ4v) is 2.93. The zero-order valence-electron chi connectivity index (χ0n) is 13.5. The number of alkyl halides is 3. The van der Waals surface area contributed by atoms with Crippen LogP contribution in [0.3, 0.4) is 0 Å². The van der Waals surface area contributed by atoms with Crippen LogP contribution in [-0.2, 0) is 0 Å². The normalized spacial score (nSPS) is 20.5. The van der Waals surface area contributed by atoms with Crippen molar-refractivity contribution in [1.82, 2.24) is 15.5 Å². The van der Waals surface area contributed by atoms with Gasteiger partial charge in [0.25, 0.3) is 0 Å². The number of nitrogens with one attached hydrogen (secondary N) is 2. The Balaban J connectivity index is 1.80. The lowest BCUT2D eigenvalue weighted by molar-refractivity contribution is -0.143. The Labute approximate surface area is 133 Å². The van der Waals surface area contributed by atoms with Crippen molar-refractivity contribution < 1.29 is 22.4 Å². The highest BCUT2D eigenvalue weighted by Crippen LogP contribution is 2.22. The van der Waals surface area contributed by atoms with Crippen LogP contribution in [0.4, 0.5) is 18.0 Å². The van der Waals surface area contributed by atoms with Gasteiger partial charge in [-0.1, -0.05) is 0 Å². The van der Waals surface area contributed by atoms with E-state index in [0.29, 0.717) is 13.0 Å². The third kappa shape index (κ3) is 5.16. The van der Waals surface area contributed by atoms with E-state index >= 15 is 0 Å². The van der Waals surface area contributed by atoms with Crippen LogP contribution >= 0.6 is 0 Å². The summed E-state index contributed by atoms with van der Waals surface area (Å²) in [6, 6.07) is 0.979. The second-order valence-electron chi connectivity index (χ2n) is 6.04. The van der Waals surface area contributed by atoms with E-state index in [-0.39, 0.29) is 24.7 Å². The molecule has 5 nitrogen and oxygen atoms in total. The standard InChI is InChI=1S/C15H22F3N3O2/c1-9-6-13(11(3)23-9)10(2)19-14(22)20-12-4-5-21(7-12)8-15(16,17)18/h6,10,12H,4-5,7-8H2,1-3H3,(H2,19,20,22)/t10-,12+/m0/s1. The van der Waals surface area contributed by atoms with Gasteiger partial charge in [-0.3, -0.25) is 4.90 Å². The van der Waals surface area contributed by atoms with Crippen molar-refractivity contribution in [3.63, 3.8) is 0 Å². The molecule has 23 heavy (non-hydrogen) atoms. The van der Waals surface area contributed by atoms with Gasteiger partial charge < -0.3 is 15.1 Å². The fourth-order valence-electron chi connectivity index (χ4n) is 2.93. The summed E-state index contributed by atoms with van der Waals surface area (Å²) in [6.07, 6.45) is -3.69. The molecule has 0 aliphatic carbocycles. The third-order valence-electron chi connectivity index (χ3n) is 3.90. The molecule has 1 aliphatic rings. The van der Waals surface area contributed by atoms with Crippen LogP contribution in [0.15, 0.2) is 10.5 Å². The Morgan fingerprint density at radius 1 is 1.48 bits per heavy atom. The molecule has 1 fully saturated rings. The van der Waals surface area contributed by atoms with Gasteiger partial charge in [0.1, 0.15) is 11.5 Å². The molecule has 2 atom stereocenters. The number of hydrogen-bond donors (Lipinski definition) is 2. The third-order valence-corrected chi connectivity index (χ3v) is 3.90. The first-order valence-electron chi connectivity index (χ1n) is 7.57. The summed E-state index contributed by atoms with van der Waals surface area (Å²) in [5.74, 6) is 1.51. The summed E-state index contributed by atoms with van der Waals surface area (Å²) in [5.41, 5.74) is 0.891. The molecular formula is C15H22F3N3O2. The number of nitrogens with zero attached hydrogens (tertiary/aromatic N) is 1. The van der Waals surface area contributed by atoms with Crippen LogP contribution in [-0.4, -0.2) is 42.8 Å². The van der Waals surface area contributed by atoms with E-state index < -0.39 is 12.7 Å². The molecule has 0 bridgehead atoms. The van der Waals surface area contributed by atoms with Gasteiger partial charge in [0.2, 0.25) is 0 Å². The molecule has 1 aliphatic heterocycles. The maximum atomic E-state index is 12.3. The molecule has 130 valence electrons. The minimum Gasteiger partial charge on any atom is -0.466 e. The molecule has 1 aromatic rings. The summed E-state index contributed by atoms with van der Waals surface area (Å²) < 4.78 is 42.5. The van der Waals surface area contributed by atoms with Crippen LogP contribution in [0.2, 0.25) is 0 Å². The lowest BCUT2D eigenvalue weighted by Crippen LogP contribution is -2.44. The van der Waals surface area contributed by atoms with Gasteiger partial charge in [-0.15, -0.1) is 0 Å². The maximum Gasteiger partial charge on any atom is 0.401 e. The molecule has 0 aromatic carbocycles. The van der Waals surface area contributed by atoms with E-state index in [1.54, 1.807) is 0 Å². The van der Waals surface area contributed by atoms with Crippen LogP contribution in [0.25, 0.3) is 0 Å². The highest BCUT2D eigenvalue weighted by molar-refractivity contribution is 5.74. The maximum absolute atomic E-state index is 12.3. The number of urea groups is 1. The molecule has 0 spiro atoms. The van der Waals surface area contributed by atoms with Crippen LogP contribution in [0.5, 0.6) is 0 Å². The average Bonchev–Trinajstić information content (AvgIpc) is 2.93. The Kier molecular flexibility index (Phi) is 5.23. The molecule has 8 heteroatoms. The van der Waals surface area contributed by atoms with Crippen molar-refractivity contribution in [3.8, 4) is 0 Å². The van der Waals surface area contributed by atoms with Crippen molar-refractivity contribution in [3.05, 3.63) is 23.2 Å². The molecule has 2 N–H and O–H groups in total. The van der Waals surface area contributed by atoms with Crippen molar-refractivity contribution in [2.24, 2.45) is 0 Å². The highest BCUT2D eigenvalue weighted by Gasteiger charge is 2.34. The van der Waals surface area contributed by atoms with Crippen LogP contribution < -0.4 is 10.6 Å². The van der Waals surface area contributed by atoms with Gasteiger partial charge in [0.05, 0.1) is 12.6 Å². The van der Waals surface area contributed by atoms with E-state index in [9.17, 15) is 18.0 Å². The molecule has 1 aromatic heterocycles. The number of rotatable bonds is 4. The Morgan fingerprint density at radius 2 is 2.17 bits per heavy atom. The largest absolute Gasteiger partial charge is 0.466 e. The van der Waals surface area contributed by atoms with E-state index in [2.05, 4.69) is 10.6 Å². The zero-order chi connectivity index (χ0) is 17.2. The molecule has 0 saturated carbocycles. The molecule has 2 rings (SSSR count). The number of carbonyl (C=O) groups is 1. The minimum atomic E-state index is -4.21. The predicted octanol–water partition coefficient (Wildman–Crippen LogP) is 2.89. The first-order chi connectivity index (χ1) is 10.6. The molecule has 0 unspecified atom stereocenters. The molecular weight excluding hydrogens is 311 g/mol. The van der Waals surface area contributed by atoms with Gasteiger partial charge in [-0.2, -0.15) is 13.2 Å². The first kappa shape index (κ1) is 17.7. The Bertz CT molecular complexity index is 557. The SMILES string of the molecule is Cc1cc([C@H](C)NC(=O)N[C@@H]2CCN(CC(F)(F)F)C2)c(C)o1. The summed E-state index contributed by atoms with van der Waals surface area (Å²) in [5, 5.41) is 5.52. The number of carbonyl (C=O) groups excluding carboxylic acids is 1. The van der Waals surface area contributed by atoms with Crippen molar-refractivity contribution >= 4 is 6.03 Å². The lowest BCUT2D eigenvalue weighted by atomic mass is 10.1. The Hall–Kier alpha value is -1.70. The number of likely N-dealkylation sites (tertiary alicyclic amines) is 1. The van der Waals surface area contributed by atoms with E-state index in [4.69, 9.17) is 4.42 Å². The minimum absolute atomic E-state index is 0.213. The smallest absolute Gasteiger partial charge is 0.401 e. The van der Waals surface area contributed by atoms with Crippen LogP contribution in [0.1, 0.15) is 36.5 Å². The zero-order valence-corrected chi connectivity index (χ0v) is 13.5. The van der Waals surface area contributed by atoms with Gasteiger partial charge in [0.15, 0.2) is 0 Å². The van der Waals surface area contributed by atoms with Crippen molar-refractivity contribution in [2.45, 2.75) is 45.5 Å². The van der Waals surface area contributed by atoms with Gasteiger partial charge in [-0.05, 0) is 33.3 Å². The second kappa shape index (κ2) is 6.82. The van der Waals surface area contributed by atoms with E-state index in [1.807, 2.05) is 26.8 Å². The summed E-state index contributed by atoms with van der Waals surface area (Å²) in [6.45, 7) is 5.10. The van der Waals surface area contributed by atoms with Crippen LogP contribution in [0, 0.1) is 13.8 Å². The highest BCUT2D eigenvalue weighted by atomic mass is 19.4. The second-order valence-corrected chi connectivity index (χ2v) is 6.04. The summed E-state index contributed by atoms with van der Waals surface area (Å²) >= 11 is 0. The van der Waals surface area contributed by atoms with Gasteiger partial charge in [-0.25, -0.2) is 4.79 Å². The first-order valence-corrected chi connectivity index (χ1v) is 7.57. The average molecular weight is 333 g/mol. The quantitative estimate of drug-likeness (QED) is 0.891. The predicted molar refractivity (Wildman–Crippen MR) is 79.2 cm³/mol. The van der Waals surface area contributed by atoms with Crippen molar-refractivity contribution in [1.29, 1.82) is 0 Å². The van der Waals surface area contributed by atoms with E-state index in [1.165, 1.54) is 4.90 Å². The van der Waals surface area contributed by atoms with Crippen molar-refractivity contribution in [2.75, 3.05) is 19.6 Å². The number of furan rings is 1. The number of aryl methyl sites for hydroxylation is 2. The summed E-state index contributed by atoms with van der Waals surface area (Å²) in [7, 11) is 0.